The van der Waals surface area contributed by atoms with Gasteiger partial charge < -0.3 is 15.8 Å². The fraction of sp³-hybridized carbons (Fsp3) is 0.917. The SMILES string of the molecule is N[C@@H]1CCCN(CC(=O)NC[C@H]2CCCO2)C1. The van der Waals surface area contributed by atoms with Gasteiger partial charge in [-0.2, -0.15) is 0 Å². The normalized spacial score (nSPS) is 30.4. The minimum Gasteiger partial charge on any atom is -0.376 e. The number of nitrogens with two attached hydrogens (primary N) is 1. The van der Waals surface area contributed by atoms with Crippen LogP contribution in [0.3, 0.4) is 0 Å². The molecule has 0 aromatic rings. The summed E-state index contributed by atoms with van der Waals surface area (Å²) < 4.78 is 5.46. The fourth-order valence-electron chi connectivity index (χ4n) is 2.53. The summed E-state index contributed by atoms with van der Waals surface area (Å²) in [6.07, 6.45) is 4.58. The lowest BCUT2D eigenvalue weighted by atomic mass is 10.1. The molecule has 2 aliphatic heterocycles. The molecule has 2 heterocycles. The van der Waals surface area contributed by atoms with E-state index in [2.05, 4.69) is 10.2 Å². The summed E-state index contributed by atoms with van der Waals surface area (Å²) in [5, 5.41) is 2.94. The second kappa shape index (κ2) is 6.33. The molecule has 0 spiro atoms. The standard InChI is InChI=1S/C12H23N3O2/c13-10-3-1-5-15(8-10)9-12(16)14-7-11-4-2-6-17-11/h10-11H,1-9,13H2,(H,14,16)/t10-,11-/m1/s1. The zero-order valence-corrected chi connectivity index (χ0v) is 10.4. The van der Waals surface area contributed by atoms with Crippen LogP contribution in [0.5, 0.6) is 0 Å². The molecule has 2 aliphatic rings. The highest BCUT2D eigenvalue weighted by molar-refractivity contribution is 5.78. The fourth-order valence-corrected chi connectivity index (χ4v) is 2.53. The van der Waals surface area contributed by atoms with Crippen LogP contribution in [0, 0.1) is 0 Å². The quantitative estimate of drug-likeness (QED) is 0.709. The number of nitrogens with one attached hydrogen (secondary N) is 1. The summed E-state index contributed by atoms with van der Waals surface area (Å²) in [7, 11) is 0. The third-order valence-electron chi connectivity index (χ3n) is 3.46. The average Bonchev–Trinajstić information content (AvgIpc) is 2.79. The third kappa shape index (κ3) is 4.26. The number of nitrogens with zero attached hydrogens (tertiary/aromatic N) is 1. The third-order valence-corrected chi connectivity index (χ3v) is 3.46. The molecule has 5 nitrogen and oxygen atoms in total. The molecule has 0 aromatic carbocycles. The maximum absolute atomic E-state index is 11.7. The monoisotopic (exact) mass is 241 g/mol. The van der Waals surface area contributed by atoms with Crippen molar-refractivity contribution in [3.63, 3.8) is 0 Å². The Morgan fingerprint density at radius 1 is 1.41 bits per heavy atom. The van der Waals surface area contributed by atoms with Gasteiger partial charge in [-0.25, -0.2) is 0 Å². The van der Waals surface area contributed by atoms with Crippen molar-refractivity contribution in [2.45, 2.75) is 37.8 Å². The molecule has 0 bridgehead atoms. The highest BCUT2D eigenvalue weighted by Crippen LogP contribution is 2.10. The van der Waals surface area contributed by atoms with Gasteiger partial charge in [0.05, 0.1) is 12.6 Å². The largest absolute Gasteiger partial charge is 0.376 e. The van der Waals surface area contributed by atoms with Crippen LogP contribution in [0.1, 0.15) is 25.7 Å². The molecule has 2 atom stereocenters. The van der Waals surface area contributed by atoms with E-state index in [0.717, 1.165) is 45.4 Å². The van der Waals surface area contributed by atoms with Crippen molar-refractivity contribution in [1.82, 2.24) is 10.2 Å². The topological polar surface area (TPSA) is 67.6 Å². The van der Waals surface area contributed by atoms with Gasteiger partial charge in [0.1, 0.15) is 0 Å². The number of piperidine rings is 1. The Balaban J connectivity index is 1.62. The summed E-state index contributed by atoms with van der Waals surface area (Å²) in [6, 6.07) is 0.231. The van der Waals surface area contributed by atoms with Crippen molar-refractivity contribution in [3.05, 3.63) is 0 Å². The van der Waals surface area contributed by atoms with Gasteiger partial charge >= 0.3 is 0 Å². The van der Waals surface area contributed by atoms with Crippen molar-refractivity contribution >= 4 is 5.91 Å². The Hall–Kier alpha value is -0.650. The minimum absolute atomic E-state index is 0.0922. The molecule has 0 aliphatic carbocycles. The van der Waals surface area contributed by atoms with Gasteiger partial charge in [0, 0.05) is 25.7 Å². The molecule has 2 saturated heterocycles. The molecule has 3 N–H and O–H groups in total. The highest BCUT2D eigenvalue weighted by Gasteiger charge is 2.20. The van der Waals surface area contributed by atoms with Crippen molar-refractivity contribution in [2.24, 2.45) is 5.73 Å². The van der Waals surface area contributed by atoms with Crippen LogP contribution in [0.15, 0.2) is 0 Å². The first-order valence-corrected chi connectivity index (χ1v) is 6.60. The van der Waals surface area contributed by atoms with Crippen molar-refractivity contribution in [2.75, 3.05) is 32.8 Å². The van der Waals surface area contributed by atoms with Crippen LogP contribution in [-0.2, 0) is 9.53 Å². The first-order chi connectivity index (χ1) is 8.24. The van der Waals surface area contributed by atoms with E-state index in [0.29, 0.717) is 13.1 Å². The van der Waals surface area contributed by atoms with Crippen molar-refractivity contribution in [1.29, 1.82) is 0 Å². The maximum Gasteiger partial charge on any atom is 0.234 e. The van der Waals surface area contributed by atoms with Gasteiger partial charge in [-0.15, -0.1) is 0 Å². The minimum atomic E-state index is 0.0922. The number of ether oxygens (including phenoxy) is 1. The Labute approximate surface area is 103 Å². The van der Waals surface area contributed by atoms with Crippen molar-refractivity contribution < 1.29 is 9.53 Å². The molecular formula is C12H23N3O2. The first-order valence-electron chi connectivity index (χ1n) is 6.60. The van der Waals surface area contributed by atoms with Crippen LogP contribution in [0.25, 0.3) is 0 Å². The first kappa shape index (κ1) is 12.8. The van der Waals surface area contributed by atoms with E-state index < -0.39 is 0 Å². The highest BCUT2D eigenvalue weighted by atomic mass is 16.5. The summed E-state index contributed by atoms with van der Waals surface area (Å²) in [5.74, 6) is 0.0922. The van der Waals surface area contributed by atoms with Crippen molar-refractivity contribution in [3.8, 4) is 0 Å². The average molecular weight is 241 g/mol. The van der Waals surface area contributed by atoms with Crippen LogP contribution >= 0.6 is 0 Å². The van der Waals surface area contributed by atoms with Gasteiger partial charge in [0.2, 0.25) is 5.91 Å². The van der Waals surface area contributed by atoms with Crippen LogP contribution < -0.4 is 11.1 Å². The number of hydrogen-bond donors (Lipinski definition) is 2. The maximum atomic E-state index is 11.7. The van der Waals surface area contributed by atoms with Crippen LogP contribution in [0.4, 0.5) is 0 Å². The molecule has 5 heteroatoms. The van der Waals surface area contributed by atoms with Gasteiger partial charge in [-0.3, -0.25) is 9.69 Å². The zero-order chi connectivity index (χ0) is 12.1. The van der Waals surface area contributed by atoms with E-state index in [1.807, 2.05) is 0 Å². The predicted molar refractivity (Wildman–Crippen MR) is 65.6 cm³/mol. The molecule has 98 valence electrons. The van der Waals surface area contributed by atoms with E-state index in [1.54, 1.807) is 0 Å². The lowest BCUT2D eigenvalue weighted by Crippen LogP contribution is -2.47. The number of hydrogen-bond acceptors (Lipinski definition) is 4. The second-order valence-electron chi connectivity index (χ2n) is 5.08. The summed E-state index contributed by atoms with van der Waals surface area (Å²) in [5.41, 5.74) is 5.88. The number of carbonyl (C=O) groups is 1. The lowest BCUT2D eigenvalue weighted by molar-refractivity contribution is -0.123. The number of carbonyl (C=O) groups excluding carboxylic acids is 1. The van der Waals surface area contributed by atoms with E-state index in [-0.39, 0.29) is 18.1 Å². The van der Waals surface area contributed by atoms with Crippen LogP contribution in [0.2, 0.25) is 0 Å². The predicted octanol–water partition coefficient (Wildman–Crippen LogP) is -0.295. The number of likely N-dealkylation sites (tertiary alicyclic amines) is 1. The van der Waals surface area contributed by atoms with Gasteiger partial charge in [0.25, 0.3) is 0 Å². The number of amides is 1. The van der Waals surface area contributed by atoms with E-state index in [4.69, 9.17) is 10.5 Å². The summed E-state index contributed by atoms with van der Waals surface area (Å²) in [6.45, 7) is 3.79. The number of rotatable bonds is 4. The van der Waals surface area contributed by atoms with Crippen LogP contribution in [-0.4, -0.2) is 55.7 Å². The van der Waals surface area contributed by atoms with Gasteiger partial charge in [-0.05, 0) is 32.2 Å². The van der Waals surface area contributed by atoms with E-state index in [9.17, 15) is 4.79 Å². The molecule has 17 heavy (non-hydrogen) atoms. The summed E-state index contributed by atoms with van der Waals surface area (Å²) in [4.78, 5) is 13.9. The van der Waals surface area contributed by atoms with E-state index >= 15 is 0 Å². The van der Waals surface area contributed by atoms with Gasteiger partial charge in [0.15, 0.2) is 0 Å². The lowest BCUT2D eigenvalue weighted by Gasteiger charge is -2.30. The Bertz CT molecular complexity index is 254. The molecule has 0 saturated carbocycles. The molecular weight excluding hydrogens is 218 g/mol. The smallest absolute Gasteiger partial charge is 0.234 e. The van der Waals surface area contributed by atoms with E-state index in [1.165, 1.54) is 0 Å². The zero-order valence-electron chi connectivity index (χ0n) is 10.4. The Morgan fingerprint density at radius 3 is 3.00 bits per heavy atom. The Kier molecular flexibility index (Phi) is 4.76. The molecule has 0 unspecified atom stereocenters. The second-order valence-corrected chi connectivity index (χ2v) is 5.08. The van der Waals surface area contributed by atoms with Gasteiger partial charge in [-0.1, -0.05) is 0 Å². The Morgan fingerprint density at radius 2 is 2.29 bits per heavy atom. The molecule has 2 fully saturated rings. The molecule has 0 radical (unpaired) electrons. The summed E-state index contributed by atoms with van der Waals surface area (Å²) >= 11 is 0. The molecule has 2 rings (SSSR count). The molecule has 0 aromatic heterocycles. The molecule has 1 amide bonds.